The molecule has 1 aliphatic heterocycles. The number of aromatic nitrogens is 1. The average molecular weight is 332 g/mol. The highest BCUT2D eigenvalue weighted by Gasteiger charge is 2.31. The minimum atomic E-state index is -3.38. The van der Waals surface area contributed by atoms with Crippen molar-refractivity contribution in [3.8, 4) is 0 Å². The van der Waals surface area contributed by atoms with Crippen LogP contribution >= 0.6 is 11.6 Å². The highest BCUT2D eigenvalue weighted by Crippen LogP contribution is 2.21. The van der Waals surface area contributed by atoms with Crippen molar-refractivity contribution in [3.63, 3.8) is 0 Å². The molecular formula is C14H22ClN3O2S. The molecule has 1 aliphatic rings. The Labute approximate surface area is 132 Å². The van der Waals surface area contributed by atoms with Gasteiger partial charge in [0.2, 0.25) is 0 Å². The van der Waals surface area contributed by atoms with Crippen LogP contribution in [0.25, 0.3) is 0 Å². The fourth-order valence-electron chi connectivity index (χ4n) is 2.51. The molecule has 0 saturated carbocycles. The molecule has 0 bridgehead atoms. The van der Waals surface area contributed by atoms with E-state index in [1.165, 1.54) is 4.31 Å². The fraction of sp³-hybridized carbons (Fsp3) is 0.643. The van der Waals surface area contributed by atoms with Crippen LogP contribution in [0, 0.1) is 5.92 Å². The lowest BCUT2D eigenvalue weighted by Gasteiger charge is -2.33. The Morgan fingerprint density at radius 2 is 2.14 bits per heavy atom. The molecule has 1 aromatic heterocycles. The van der Waals surface area contributed by atoms with Crippen LogP contribution in [0.1, 0.15) is 18.4 Å². The quantitative estimate of drug-likeness (QED) is 0.746. The zero-order chi connectivity index (χ0) is 15.3. The van der Waals surface area contributed by atoms with Crippen molar-refractivity contribution in [2.75, 3.05) is 32.6 Å². The minimum Gasteiger partial charge on any atom is -0.265 e. The maximum Gasteiger partial charge on any atom is 0.281 e. The summed E-state index contributed by atoms with van der Waals surface area (Å²) in [5.74, 6) is 0.788. The molecule has 0 spiro atoms. The molecule has 0 radical (unpaired) electrons. The number of halogens is 1. The monoisotopic (exact) mass is 331 g/mol. The molecule has 118 valence electrons. The van der Waals surface area contributed by atoms with Gasteiger partial charge in [0.1, 0.15) is 0 Å². The number of pyridine rings is 1. The normalized spacial score (nSPS) is 20.8. The Morgan fingerprint density at radius 3 is 2.81 bits per heavy atom. The minimum absolute atomic E-state index is 0.267. The van der Waals surface area contributed by atoms with Gasteiger partial charge in [0.25, 0.3) is 10.2 Å². The van der Waals surface area contributed by atoms with Gasteiger partial charge in [-0.25, -0.2) is 0 Å². The smallest absolute Gasteiger partial charge is 0.265 e. The van der Waals surface area contributed by atoms with Crippen LogP contribution in [0.2, 0.25) is 0 Å². The van der Waals surface area contributed by atoms with Gasteiger partial charge in [-0.15, -0.1) is 11.6 Å². The Kier molecular flexibility index (Phi) is 5.98. The molecule has 2 heterocycles. The van der Waals surface area contributed by atoms with E-state index < -0.39 is 10.2 Å². The molecule has 0 aromatic carbocycles. The highest BCUT2D eigenvalue weighted by atomic mass is 35.5. The number of hydrogen-bond acceptors (Lipinski definition) is 3. The lowest BCUT2D eigenvalue weighted by Crippen LogP contribution is -2.47. The SMILES string of the molecule is CN(CCc1ccncc1)S(=O)(=O)N1CCCC(CCl)C1. The maximum absolute atomic E-state index is 12.6. The predicted octanol–water partition coefficient (Wildman–Crippen LogP) is 1.75. The fourth-order valence-corrected chi connectivity index (χ4v) is 4.24. The van der Waals surface area contributed by atoms with Gasteiger partial charge in [-0.3, -0.25) is 4.98 Å². The number of likely N-dealkylation sites (N-methyl/N-ethyl adjacent to an activating group) is 1. The van der Waals surface area contributed by atoms with E-state index in [2.05, 4.69) is 4.98 Å². The van der Waals surface area contributed by atoms with E-state index in [1.54, 1.807) is 23.7 Å². The van der Waals surface area contributed by atoms with Crippen LogP contribution in [0.3, 0.4) is 0 Å². The van der Waals surface area contributed by atoms with Crippen molar-refractivity contribution in [2.24, 2.45) is 5.92 Å². The van der Waals surface area contributed by atoms with E-state index in [0.717, 1.165) is 18.4 Å². The van der Waals surface area contributed by atoms with Crippen LogP contribution in [0.4, 0.5) is 0 Å². The van der Waals surface area contributed by atoms with E-state index in [0.29, 0.717) is 31.9 Å². The summed E-state index contributed by atoms with van der Waals surface area (Å²) in [5, 5.41) is 0. The lowest BCUT2D eigenvalue weighted by atomic mass is 10.0. The van der Waals surface area contributed by atoms with Crippen molar-refractivity contribution in [1.82, 2.24) is 13.6 Å². The predicted molar refractivity (Wildman–Crippen MR) is 84.5 cm³/mol. The standard InChI is InChI=1S/C14H22ClN3O2S/c1-17(10-6-13-4-7-16-8-5-13)21(19,20)18-9-2-3-14(11-15)12-18/h4-5,7-8,14H,2-3,6,9-12H2,1H3. The van der Waals surface area contributed by atoms with Crippen LogP contribution < -0.4 is 0 Å². The molecule has 1 unspecified atom stereocenters. The van der Waals surface area contributed by atoms with Gasteiger partial charge < -0.3 is 0 Å². The molecule has 21 heavy (non-hydrogen) atoms. The zero-order valence-corrected chi connectivity index (χ0v) is 13.9. The van der Waals surface area contributed by atoms with Gasteiger partial charge in [0.15, 0.2) is 0 Å². The topological polar surface area (TPSA) is 53.5 Å². The van der Waals surface area contributed by atoms with Crippen LogP contribution in [-0.2, 0) is 16.6 Å². The van der Waals surface area contributed by atoms with Crippen molar-refractivity contribution >= 4 is 21.8 Å². The second-order valence-electron chi connectivity index (χ2n) is 5.46. The Morgan fingerprint density at radius 1 is 1.43 bits per heavy atom. The summed E-state index contributed by atoms with van der Waals surface area (Å²) in [6, 6.07) is 3.82. The van der Waals surface area contributed by atoms with E-state index >= 15 is 0 Å². The second kappa shape index (κ2) is 7.54. The molecule has 1 fully saturated rings. The van der Waals surface area contributed by atoms with Crippen LogP contribution in [-0.4, -0.2) is 54.6 Å². The number of alkyl halides is 1. The number of rotatable bonds is 6. The molecule has 5 nitrogen and oxygen atoms in total. The van der Waals surface area contributed by atoms with Gasteiger partial charge in [-0.2, -0.15) is 17.0 Å². The Hall–Kier alpha value is -0.690. The molecule has 7 heteroatoms. The molecule has 2 rings (SSSR count). The van der Waals surface area contributed by atoms with E-state index in [9.17, 15) is 8.42 Å². The van der Waals surface area contributed by atoms with Gasteiger partial charge in [0, 0.05) is 45.0 Å². The summed E-state index contributed by atoms with van der Waals surface area (Å²) in [4.78, 5) is 3.96. The summed E-state index contributed by atoms with van der Waals surface area (Å²) in [7, 11) is -1.74. The zero-order valence-electron chi connectivity index (χ0n) is 12.3. The molecular weight excluding hydrogens is 310 g/mol. The molecule has 1 aromatic rings. The second-order valence-corrected chi connectivity index (χ2v) is 7.80. The van der Waals surface area contributed by atoms with E-state index in [-0.39, 0.29) is 5.92 Å². The summed E-state index contributed by atoms with van der Waals surface area (Å²) >= 11 is 5.88. The summed E-state index contributed by atoms with van der Waals surface area (Å²) < 4.78 is 28.1. The Balaban J connectivity index is 1.95. The van der Waals surface area contributed by atoms with Crippen molar-refractivity contribution in [3.05, 3.63) is 30.1 Å². The lowest BCUT2D eigenvalue weighted by molar-refractivity contribution is 0.266. The molecule has 0 aliphatic carbocycles. The largest absolute Gasteiger partial charge is 0.281 e. The van der Waals surface area contributed by atoms with Crippen molar-refractivity contribution < 1.29 is 8.42 Å². The summed E-state index contributed by atoms with van der Waals surface area (Å²) in [5.41, 5.74) is 1.09. The van der Waals surface area contributed by atoms with E-state index in [4.69, 9.17) is 11.6 Å². The third kappa shape index (κ3) is 4.39. The highest BCUT2D eigenvalue weighted by molar-refractivity contribution is 7.86. The average Bonchev–Trinajstić information content (AvgIpc) is 2.53. The maximum atomic E-state index is 12.6. The molecule has 0 N–H and O–H groups in total. The van der Waals surface area contributed by atoms with Crippen LogP contribution in [0.5, 0.6) is 0 Å². The third-order valence-corrected chi connectivity index (χ3v) is 6.28. The first-order valence-corrected chi connectivity index (χ1v) is 9.13. The van der Waals surface area contributed by atoms with Gasteiger partial charge >= 0.3 is 0 Å². The van der Waals surface area contributed by atoms with Gasteiger partial charge in [0.05, 0.1) is 0 Å². The Bertz CT molecular complexity index is 538. The number of piperidine rings is 1. The first-order valence-electron chi connectivity index (χ1n) is 7.20. The first-order chi connectivity index (χ1) is 10.0. The third-order valence-electron chi connectivity index (χ3n) is 3.88. The number of hydrogen-bond donors (Lipinski definition) is 0. The van der Waals surface area contributed by atoms with Gasteiger partial charge in [-0.1, -0.05) is 0 Å². The summed E-state index contributed by atoms with van der Waals surface area (Å²) in [6.07, 6.45) is 6.02. The molecule has 1 atom stereocenters. The first kappa shape index (κ1) is 16.7. The van der Waals surface area contributed by atoms with Crippen LogP contribution in [0.15, 0.2) is 24.5 Å². The number of nitrogens with zero attached hydrogens (tertiary/aromatic N) is 3. The molecule has 0 amide bonds. The summed E-state index contributed by atoms with van der Waals surface area (Å²) in [6.45, 7) is 1.59. The van der Waals surface area contributed by atoms with Gasteiger partial charge in [-0.05, 0) is 42.9 Å². The molecule has 1 saturated heterocycles. The van der Waals surface area contributed by atoms with E-state index in [1.807, 2.05) is 12.1 Å². The van der Waals surface area contributed by atoms with Crippen molar-refractivity contribution in [2.45, 2.75) is 19.3 Å². The van der Waals surface area contributed by atoms with Crippen molar-refractivity contribution in [1.29, 1.82) is 0 Å².